The van der Waals surface area contributed by atoms with E-state index in [2.05, 4.69) is 5.32 Å². The molecule has 26 heavy (non-hydrogen) atoms. The van der Waals surface area contributed by atoms with E-state index in [0.29, 0.717) is 11.7 Å². The van der Waals surface area contributed by atoms with Gasteiger partial charge in [0.15, 0.2) is 10.7 Å². The molecule has 0 aromatic heterocycles. The summed E-state index contributed by atoms with van der Waals surface area (Å²) in [6.07, 6.45) is 0. The molecule has 5 heteroatoms. The number of nitrogens with one attached hydrogen (secondary N) is 1. The number of amides is 1. The molecule has 0 spiro atoms. The van der Waals surface area contributed by atoms with Gasteiger partial charge in [-0.2, -0.15) is 0 Å². The molecule has 0 unspecified atom stereocenters. The van der Waals surface area contributed by atoms with E-state index in [1.807, 2.05) is 79.4 Å². The molecule has 2 aromatic carbocycles. The Labute approximate surface area is 161 Å². The van der Waals surface area contributed by atoms with Crippen LogP contribution in [0.1, 0.15) is 31.9 Å². The summed E-state index contributed by atoms with van der Waals surface area (Å²) in [6.45, 7) is 7.60. The maximum atomic E-state index is 13.1. The van der Waals surface area contributed by atoms with Crippen molar-refractivity contribution in [3.63, 3.8) is 0 Å². The average Bonchev–Trinajstić information content (AvgIpc) is 2.68. The van der Waals surface area contributed by atoms with Crippen molar-refractivity contribution in [1.29, 1.82) is 0 Å². The third kappa shape index (κ3) is 4.90. The van der Waals surface area contributed by atoms with E-state index >= 15 is 0 Å². The van der Waals surface area contributed by atoms with Crippen LogP contribution in [0.4, 0.5) is 0 Å². The first-order valence-corrected chi connectivity index (χ1v) is 9.25. The Hall–Kier alpha value is -2.24. The zero-order chi connectivity index (χ0) is 19.0. The highest BCUT2D eigenvalue weighted by atomic mass is 32.1. The van der Waals surface area contributed by atoms with Crippen molar-refractivity contribution in [1.82, 2.24) is 10.2 Å². The van der Waals surface area contributed by atoms with Gasteiger partial charge in [0, 0.05) is 13.1 Å². The predicted octanol–water partition coefficient (Wildman–Crippen LogP) is 3.86. The normalized spacial score (nSPS) is 12.9. The van der Waals surface area contributed by atoms with Crippen molar-refractivity contribution < 1.29 is 9.53 Å². The zero-order valence-electron chi connectivity index (χ0n) is 15.6. The Morgan fingerprint density at radius 1 is 1.04 bits per heavy atom. The molecule has 138 valence electrons. The quantitative estimate of drug-likeness (QED) is 0.752. The van der Waals surface area contributed by atoms with Crippen LogP contribution in [0.3, 0.4) is 0 Å². The van der Waals surface area contributed by atoms with Crippen LogP contribution in [0.2, 0.25) is 0 Å². The fraction of sp³-hybridized carbons (Fsp3) is 0.333. The van der Waals surface area contributed by atoms with E-state index in [1.54, 1.807) is 6.92 Å². The molecule has 0 saturated carbocycles. The van der Waals surface area contributed by atoms with Crippen LogP contribution in [0, 0.1) is 0 Å². The van der Waals surface area contributed by atoms with Gasteiger partial charge >= 0.3 is 0 Å². The lowest BCUT2D eigenvalue weighted by Crippen LogP contribution is -2.50. The summed E-state index contributed by atoms with van der Waals surface area (Å²) in [5, 5.41) is 3.27. The van der Waals surface area contributed by atoms with Gasteiger partial charge in [-0.15, -0.1) is 0 Å². The average molecular weight is 371 g/mol. The van der Waals surface area contributed by atoms with E-state index in [1.165, 1.54) is 0 Å². The molecular formula is C21H26N2O2S. The molecule has 1 N–H and O–H groups in total. The van der Waals surface area contributed by atoms with Gasteiger partial charge in [0.25, 0.3) is 5.91 Å². The molecule has 0 aliphatic rings. The molecule has 2 aromatic rings. The Kier molecular flexibility index (Phi) is 7.30. The number of carbonyl (C=O) groups is 1. The van der Waals surface area contributed by atoms with Gasteiger partial charge < -0.3 is 15.0 Å². The van der Waals surface area contributed by atoms with E-state index in [9.17, 15) is 4.79 Å². The molecule has 1 atom stereocenters. The third-order valence-corrected chi connectivity index (χ3v) is 4.76. The number of ether oxygens (including phenoxy) is 1. The first-order chi connectivity index (χ1) is 12.5. The second-order valence-electron chi connectivity index (χ2n) is 6.11. The standard InChI is InChI=1S/C21H26N2O2S/c1-4-23(5-2)20(26)22-19(24)21(3,18-14-10-7-11-15-18)25-16-17-12-8-6-9-13-17/h6-15H,4-5,16H2,1-3H3,(H,22,24,26)/t21-/m0/s1. The molecule has 1 amide bonds. The monoisotopic (exact) mass is 370 g/mol. The van der Waals surface area contributed by atoms with Crippen LogP contribution in [0.5, 0.6) is 0 Å². The number of thiocarbonyl (C=S) groups is 1. The van der Waals surface area contributed by atoms with E-state index in [4.69, 9.17) is 17.0 Å². The highest BCUT2D eigenvalue weighted by molar-refractivity contribution is 7.80. The van der Waals surface area contributed by atoms with Crippen LogP contribution in [0.15, 0.2) is 60.7 Å². The van der Waals surface area contributed by atoms with Gasteiger partial charge in [-0.1, -0.05) is 60.7 Å². The van der Waals surface area contributed by atoms with Crippen molar-refractivity contribution >= 4 is 23.2 Å². The molecular weight excluding hydrogens is 344 g/mol. The first kappa shape index (κ1) is 20.1. The Morgan fingerprint density at radius 2 is 1.58 bits per heavy atom. The van der Waals surface area contributed by atoms with Crippen molar-refractivity contribution in [2.75, 3.05) is 13.1 Å². The lowest BCUT2D eigenvalue weighted by atomic mass is 9.94. The Morgan fingerprint density at radius 3 is 2.12 bits per heavy atom. The topological polar surface area (TPSA) is 41.6 Å². The van der Waals surface area contributed by atoms with Gasteiger partial charge in [0.1, 0.15) is 0 Å². The lowest BCUT2D eigenvalue weighted by Gasteiger charge is -2.31. The summed E-state index contributed by atoms with van der Waals surface area (Å²) >= 11 is 5.38. The molecule has 0 bridgehead atoms. The van der Waals surface area contributed by atoms with Crippen molar-refractivity contribution in [3.8, 4) is 0 Å². The second-order valence-corrected chi connectivity index (χ2v) is 6.49. The van der Waals surface area contributed by atoms with Crippen LogP contribution in [0.25, 0.3) is 0 Å². The number of hydrogen-bond donors (Lipinski definition) is 1. The van der Waals surface area contributed by atoms with Crippen molar-refractivity contribution in [3.05, 3.63) is 71.8 Å². The van der Waals surface area contributed by atoms with Gasteiger partial charge in [0.05, 0.1) is 6.61 Å². The molecule has 0 aliphatic heterocycles. The summed E-state index contributed by atoms with van der Waals surface area (Å²) < 4.78 is 6.12. The molecule has 0 aliphatic carbocycles. The number of benzene rings is 2. The fourth-order valence-electron chi connectivity index (χ4n) is 2.64. The SMILES string of the molecule is CCN(CC)C(=S)NC(=O)[C@@](C)(OCc1ccccc1)c1ccccc1. The zero-order valence-corrected chi connectivity index (χ0v) is 16.4. The lowest BCUT2D eigenvalue weighted by molar-refractivity contribution is -0.146. The molecule has 0 heterocycles. The predicted molar refractivity (Wildman–Crippen MR) is 109 cm³/mol. The molecule has 2 rings (SSSR count). The summed E-state index contributed by atoms with van der Waals surface area (Å²) in [4.78, 5) is 15.0. The van der Waals surface area contributed by atoms with Gasteiger partial charge in [-0.3, -0.25) is 4.79 Å². The molecule has 0 fully saturated rings. The van der Waals surface area contributed by atoms with Crippen LogP contribution in [-0.2, 0) is 21.7 Å². The smallest absolute Gasteiger partial charge is 0.262 e. The largest absolute Gasteiger partial charge is 0.356 e. The summed E-state index contributed by atoms with van der Waals surface area (Å²) in [5.74, 6) is -0.267. The van der Waals surface area contributed by atoms with Crippen LogP contribution < -0.4 is 5.32 Å². The van der Waals surface area contributed by atoms with E-state index in [-0.39, 0.29) is 5.91 Å². The summed E-state index contributed by atoms with van der Waals surface area (Å²) in [7, 11) is 0. The maximum Gasteiger partial charge on any atom is 0.262 e. The number of rotatable bonds is 7. The van der Waals surface area contributed by atoms with Gasteiger partial charge in [-0.05, 0) is 44.1 Å². The maximum absolute atomic E-state index is 13.1. The number of nitrogens with zero attached hydrogens (tertiary/aromatic N) is 1. The number of carbonyl (C=O) groups excluding carboxylic acids is 1. The van der Waals surface area contributed by atoms with Gasteiger partial charge in [-0.25, -0.2) is 0 Å². The van der Waals surface area contributed by atoms with Crippen LogP contribution >= 0.6 is 12.2 Å². The third-order valence-electron chi connectivity index (χ3n) is 4.40. The highest BCUT2D eigenvalue weighted by Crippen LogP contribution is 2.27. The van der Waals surface area contributed by atoms with Crippen molar-refractivity contribution in [2.45, 2.75) is 33.0 Å². The Balaban J connectivity index is 2.22. The minimum Gasteiger partial charge on any atom is -0.356 e. The minimum atomic E-state index is -1.14. The second kappa shape index (κ2) is 9.46. The van der Waals surface area contributed by atoms with Gasteiger partial charge in [0.2, 0.25) is 0 Å². The van der Waals surface area contributed by atoms with Crippen LogP contribution in [-0.4, -0.2) is 29.0 Å². The fourth-order valence-corrected chi connectivity index (χ4v) is 3.00. The summed E-state index contributed by atoms with van der Waals surface area (Å²) in [5.41, 5.74) is 0.651. The Bertz CT molecular complexity index is 717. The van der Waals surface area contributed by atoms with E-state index in [0.717, 1.165) is 24.2 Å². The summed E-state index contributed by atoms with van der Waals surface area (Å²) in [6, 6.07) is 19.3. The van der Waals surface area contributed by atoms with Crippen molar-refractivity contribution in [2.24, 2.45) is 0 Å². The minimum absolute atomic E-state index is 0.267. The highest BCUT2D eigenvalue weighted by Gasteiger charge is 2.37. The molecule has 4 nitrogen and oxygen atoms in total. The number of hydrogen-bond acceptors (Lipinski definition) is 3. The first-order valence-electron chi connectivity index (χ1n) is 8.85. The molecule has 0 saturated heterocycles. The molecule has 0 radical (unpaired) electrons. The van der Waals surface area contributed by atoms with E-state index < -0.39 is 5.60 Å².